The molecule has 1 N–H and O–H groups in total. The molecule has 0 aliphatic carbocycles. The summed E-state index contributed by atoms with van der Waals surface area (Å²) in [5, 5.41) is 10.5. The molecule has 0 aromatic heterocycles. The lowest BCUT2D eigenvalue weighted by Crippen LogP contribution is -2.58. The van der Waals surface area contributed by atoms with E-state index >= 15 is 0 Å². The second-order valence-corrected chi connectivity index (χ2v) is 13.7. The van der Waals surface area contributed by atoms with Gasteiger partial charge in [0.15, 0.2) is 0 Å². The molecule has 0 saturated carbocycles. The van der Waals surface area contributed by atoms with Crippen molar-refractivity contribution in [3.05, 3.63) is 61.2 Å². The number of nitrogens with zero attached hydrogens (tertiary/aromatic N) is 2. The molecule has 9 heteroatoms. The average Bonchev–Trinajstić information content (AvgIpc) is 3.55. The third kappa shape index (κ3) is 5.79. The Hall–Kier alpha value is -2.10. The van der Waals surface area contributed by atoms with Crippen molar-refractivity contribution in [3.63, 3.8) is 0 Å². The highest BCUT2D eigenvalue weighted by molar-refractivity contribution is 9.09. The van der Waals surface area contributed by atoms with E-state index in [1.54, 1.807) is 33.7 Å². The molecule has 3 saturated heterocycles. The van der Waals surface area contributed by atoms with Crippen molar-refractivity contribution >= 4 is 45.5 Å². The molecule has 3 aliphatic heterocycles. The van der Waals surface area contributed by atoms with Gasteiger partial charge in [-0.2, -0.15) is 0 Å². The maximum atomic E-state index is 14.5. The molecule has 3 heterocycles. The van der Waals surface area contributed by atoms with Gasteiger partial charge in [-0.05, 0) is 37.7 Å². The van der Waals surface area contributed by atoms with E-state index in [0.717, 1.165) is 24.8 Å². The van der Waals surface area contributed by atoms with E-state index in [4.69, 9.17) is 4.74 Å². The highest BCUT2D eigenvalue weighted by Gasteiger charge is 2.76. The zero-order chi connectivity index (χ0) is 28.9. The van der Waals surface area contributed by atoms with Gasteiger partial charge in [0.05, 0.1) is 35.8 Å². The highest BCUT2D eigenvalue weighted by Crippen LogP contribution is 2.68. The Morgan fingerprint density at radius 1 is 1.27 bits per heavy atom. The van der Waals surface area contributed by atoms with Crippen LogP contribution in [0.25, 0.3) is 0 Å². The molecule has 1 aromatic carbocycles. The van der Waals surface area contributed by atoms with Crippen LogP contribution in [0.15, 0.2) is 55.6 Å². The number of esters is 1. The van der Waals surface area contributed by atoms with Gasteiger partial charge in [0.25, 0.3) is 0 Å². The molecular formula is C31H41BrN2O5S. The van der Waals surface area contributed by atoms with Crippen LogP contribution in [0.4, 0.5) is 0 Å². The van der Waals surface area contributed by atoms with E-state index in [1.165, 1.54) is 0 Å². The second kappa shape index (κ2) is 13.7. The number of aliphatic hydroxyl groups excluding tert-OH is 1. The summed E-state index contributed by atoms with van der Waals surface area (Å²) in [7, 11) is 0. The van der Waals surface area contributed by atoms with Gasteiger partial charge >= 0.3 is 5.97 Å². The molecule has 1 aromatic rings. The van der Waals surface area contributed by atoms with Gasteiger partial charge in [-0.25, -0.2) is 0 Å². The van der Waals surface area contributed by atoms with E-state index in [1.807, 2.05) is 30.3 Å². The lowest BCUT2D eigenvalue weighted by atomic mass is 9.71. The zero-order valence-electron chi connectivity index (χ0n) is 23.3. The molecule has 218 valence electrons. The number of hydrogen-bond acceptors (Lipinski definition) is 6. The predicted octanol–water partition coefficient (Wildman–Crippen LogP) is 4.38. The molecular weight excluding hydrogens is 592 g/mol. The fourth-order valence-corrected chi connectivity index (χ4v) is 10.2. The molecule has 3 unspecified atom stereocenters. The lowest BCUT2D eigenvalue weighted by Gasteiger charge is -2.40. The predicted molar refractivity (Wildman–Crippen MR) is 162 cm³/mol. The Balaban J connectivity index is 1.74. The highest BCUT2D eigenvalue weighted by atomic mass is 79.9. The summed E-state index contributed by atoms with van der Waals surface area (Å²) < 4.78 is 4.90. The number of likely N-dealkylation sites (tertiary alicyclic amines) is 1. The zero-order valence-corrected chi connectivity index (χ0v) is 25.7. The molecule has 7 atom stereocenters. The maximum absolute atomic E-state index is 14.5. The summed E-state index contributed by atoms with van der Waals surface area (Å²) in [6.45, 7) is 10.6. The van der Waals surface area contributed by atoms with Crippen LogP contribution in [0.2, 0.25) is 0 Å². The first-order valence-electron chi connectivity index (χ1n) is 14.3. The number of amides is 2. The summed E-state index contributed by atoms with van der Waals surface area (Å²) in [5.41, 5.74) is 0.970. The number of rotatable bonds is 15. The van der Waals surface area contributed by atoms with Crippen LogP contribution in [0, 0.1) is 11.8 Å². The summed E-state index contributed by atoms with van der Waals surface area (Å²) in [6, 6.07) is 8.30. The molecule has 2 bridgehead atoms. The smallest absolute Gasteiger partial charge is 0.310 e. The van der Waals surface area contributed by atoms with Gasteiger partial charge in [-0.15, -0.1) is 24.9 Å². The van der Waals surface area contributed by atoms with E-state index < -0.39 is 28.7 Å². The van der Waals surface area contributed by atoms with Crippen LogP contribution in [0.3, 0.4) is 0 Å². The second-order valence-electron chi connectivity index (χ2n) is 11.0. The number of alkyl halides is 1. The van der Waals surface area contributed by atoms with Crippen LogP contribution < -0.4 is 0 Å². The van der Waals surface area contributed by atoms with Crippen molar-refractivity contribution < 1.29 is 24.2 Å². The van der Waals surface area contributed by atoms with Gasteiger partial charge in [-0.1, -0.05) is 71.8 Å². The maximum Gasteiger partial charge on any atom is 0.310 e. The standard InChI is InChI=1S/C31H41BrN2O5S/c1-4-7-12-17-39-30(38)24-25-28(36)34(22(20-35)18-21-13-10-9-11-14-21)27(31(25)19-23(32)26(24)40-31)29(37)33(15-6-3)16-8-5-2/h4,6,9-11,13-14,22-27,35H,1,3,5,7-8,12,15-20H2,2H3/t22-,23?,24+,25+,26+,27?,31?/m1/s1. The third-order valence-electron chi connectivity index (χ3n) is 8.39. The summed E-state index contributed by atoms with van der Waals surface area (Å²) >= 11 is 5.39. The quantitative estimate of drug-likeness (QED) is 0.134. The number of carbonyl (C=O) groups excluding carboxylic acids is 3. The fraction of sp³-hybridized carbons (Fsp3) is 0.581. The molecule has 2 amide bonds. The van der Waals surface area contributed by atoms with Crippen LogP contribution in [-0.4, -0.2) is 85.9 Å². The first kappa shape index (κ1) is 30.8. The Morgan fingerprint density at radius 2 is 2.02 bits per heavy atom. The van der Waals surface area contributed by atoms with Crippen molar-refractivity contribution in [1.29, 1.82) is 0 Å². The SMILES string of the molecule is C=CCCCOC(=O)[C@H]1[C@H]2C(=O)N([C@@H](CO)Cc3ccccc3)C(C(=O)N(CC=C)CCCC)C23CC(Br)[C@@H]1S3. The van der Waals surface area contributed by atoms with Crippen molar-refractivity contribution in [1.82, 2.24) is 9.80 Å². The number of allylic oxidation sites excluding steroid dienone is 1. The van der Waals surface area contributed by atoms with Gasteiger partial charge in [0, 0.05) is 23.2 Å². The largest absolute Gasteiger partial charge is 0.465 e. The summed E-state index contributed by atoms with van der Waals surface area (Å²) in [4.78, 5) is 45.8. The van der Waals surface area contributed by atoms with Crippen molar-refractivity contribution in [3.8, 4) is 0 Å². The normalized spacial score (nSPS) is 29.2. The molecule has 3 aliphatic rings. The van der Waals surface area contributed by atoms with Gasteiger partial charge < -0.3 is 19.6 Å². The Kier molecular flexibility index (Phi) is 10.6. The number of halogens is 1. The van der Waals surface area contributed by atoms with E-state index in [-0.39, 0.29) is 41.1 Å². The first-order chi connectivity index (χ1) is 19.3. The molecule has 0 radical (unpaired) electrons. The van der Waals surface area contributed by atoms with Gasteiger partial charge in [0.1, 0.15) is 6.04 Å². The minimum atomic E-state index is -0.795. The monoisotopic (exact) mass is 632 g/mol. The van der Waals surface area contributed by atoms with Crippen molar-refractivity contribution in [2.45, 2.75) is 72.4 Å². The van der Waals surface area contributed by atoms with Crippen LogP contribution >= 0.6 is 27.7 Å². The summed E-state index contributed by atoms with van der Waals surface area (Å²) in [6.07, 6.45) is 7.67. The van der Waals surface area contributed by atoms with Crippen molar-refractivity contribution in [2.24, 2.45) is 11.8 Å². The minimum absolute atomic E-state index is 0.0345. The van der Waals surface area contributed by atoms with E-state index in [2.05, 4.69) is 36.0 Å². The molecule has 40 heavy (non-hydrogen) atoms. The Labute approximate surface area is 250 Å². The first-order valence-corrected chi connectivity index (χ1v) is 16.1. The Morgan fingerprint density at radius 3 is 2.67 bits per heavy atom. The topological polar surface area (TPSA) is 87.1 Å². The number of hydrogen-bond donors (Lipinski definition) is 1. The van der Waals surface area contributed by atoms with E-state index in [0.29, 0.717) is 32.4 Å². The average molecular weight is 634 g/mol. The van der Waals surface area contributed by atoms with Crippen LogP contribution in [0.1, 0.15) is 44.6 Å². The molecule has 3 fully saturated rings. The number of unbranched alkanes of at least 4 members (excludes halogenated alkanes) is 2. The van der Waals surface area contributed by atoms with Gasteiger partial charge in [-0.3, -0.25) is 14.4 Å². The number of aliphatic hydroxyl groups is 1. The van der Waals surface area contributed by atoms with Crippen molar-refractivity contribution in [2.75, 3.05) is 26.3 Å². The van der Waals surface area contributed by atoms with Crippen LogP contribution in [-0.2, 0) is 25.5 Å². The number of carbonyl (C=O) groups is 3. The number of fused-ring (bicyclic) bond motifs is 1. The molecule has 1 spiro atoms. The lowest BCUT2D eigenvalue weighted by molar-refractivity contribution is -0.154. The number of thioether (sulfide) groups is 1. The Bertz CT molecular complexity index is 1090. The third-order valence-corrected chi connectivity index (χ3v) is 11.6. The number of benzene rings is 1. The molecule has 7 nitrogen and oxygen atoms in total. The van der Waals surface area contributed by atoms with Crippen LogP contribution in [0.5, 0.6) is 0 Å². The summed E-state index contributed by atoms with van der Waals surface area (Å²) in [5.74, 6) is -2.08. The fourth-order valence-electron chi connectivity index (χ4n) is 6.61. The minimum Gasteiger partial charge on any atom is -0.465 e. The number of ether oxygens (including phenoxy) is 1. The van der Waals surface area contributed by atoms with Gasteiger partial charge in [0.2, 0.25) is 11.8 Å². The molecule has 4 rings (SSSR count). The van der Waals surface area contributed by atoms with E-state index in [9.17, 15) is 19.5 Å².